The molecular weight excluding hydrogens is 381 g/mol. The highest BCUT2D eigenvalue weighted by atomic mass is 35.5. The molecule has 5 nitrogen and oxygen atoms in total. The van der Waals surface area contributed by atoms with Gasteiger partial charge in [-0.15, -0.1) is 12.4 Å². The number of likely N-dealkylation sites (tertiary alicyclic amines) is 1. The Kier molecular flexibility index (Phi) is 6.84. The molecular formula is C21H31ClFN3O2. The number of piperidine rings is 1. The fourth-order valence-electron chi connectivity index (χ4n) is 4.93. The number of benzene rings is 1. The topological polar surface area (TPSA) is 50.3 Å². The first-order valence-corrected chi connectivity index (χ1v) is 10.3. The zero-order valence-corrected chi connectivity index (χ0v) is 17.6. The van der Waals surface area contributed by atoms with Gasteiger partial charge in [0, 0.05) is 31.8 Å². The van der Waals surface area contributed by atoms with Crippen LogP contribution in [-0.4, -0.2) is 46.3 Å². The summed E-state index contributed by atoms with van der Waals surface area (Å²) in [5.41, 5.74) is 1.89. The van der Waals surface area contributed by atoms with E-state index >= 15 is 0 Å². The van der Waals surface area contributed by atoms with Crippen LogP contribution in [-0.2, 0) is 4.74 Å². The highest BCUT2D eigenvalue weighted by Gasteiger charge is 2.30. The first kappa shape index (κ1) is 21.3. The van der Waals surface area contributed by atoms with E-state index < -0.39 is 0 Å². The van der Waals surface area contributed by atoms with Crippen LogP contribution in [0.15, 0.2) is 16.9 Å². The van der Waals surface area contributed by atoms with Gasteiger partial charge >= 0.3 is 5.69 Å². The second-order valence-electron chi connectivity index (χ2n) is 8.07. The van der Waals surface area contributed by atoms with Crippen molar-refractivity contribution >= 4 is 23.4 Å². The Morgan fingerprint density at radius 2 is 1.79 bits per heavy atom. The van der Waals surface area contributed by atoms with Gasteiger partial charge in [0.05, 0.1) is 17.1 Å². The molecule has 4 rings (SSSR count). The van der Waals surface area contributed by atoms with Crippen molar-refractivity contribution in [2.24, 2.45) is 0 Å². The molecule has 0 atom stereocenters. The molecule has 2 aromatic rings. The normalized spacial score (nSPS) is 24.4. The molecule has 1 saturated heterocycles. The number of nitrogens with zero attached hydrogens (tertiary/aromatic N) is 2. The van der Waals surface area contributed by atoms with Crippen molar-refractivity contribution in [3.05, 3.63) is 34.0 Å². The lowest BCUT2D eigenvalue weighted by molar-refractivity contribution is 0.00796. The maximum absolute atomic E-state index is 13.8. The summed E-state index contributed by atoms with van der Waals surface area (Å²) >= 11 is 0. The average molecular weight is 412 g/mol. The van der Waals surface area contributed by atoms with Gasteiger partial charge in [-0.25, -0.2) is 9.18 Å². The summed E-state index contributed by atoms with van der Waals surface area (Å²) in [5.74, 6) is -0.270. The van der Waals surface area contributed by atoms with E-state index in [0.717, 1.165) is 50.9 Å². The second kappa shape index (κ2) is 8.97. The number of halogens is 2. The van der Waals surface area contributed by atoms with Crippen LogP contribution in [0.4, 0.5) is 4.39 Å². The predicted octanol–water partition coefficient (Wildman–Crippen LogP) is 4.18. The Hall–Kier alpha value is -1.37. The van der Waals surface area contributed by atoms with Gasteiger partial charge in [0.1, 0.15) is 5.82 Å². The lowest BCUT2D eigenvalue weighted by atomic mass is 9.90. The van der Waals surface area contributed by atoms with E-state index in [4.69, 9.17) is 4.74 Å². The summed E-state index contributed by atoms with van der Waals surface area (Å²) < 4.78 is 21.4. The van der Waals surface area contributed by atoms with Gasteiger partial charge in [-0.05, 0) is 70.1 Å². The van der Waals surface area contributed by atoms with Crippen LogP contribution in [0, 0.1) is 12.7 Å². The number of imidazole rings is 1. The minimum Gasteiger partial charge on any atom is -0.379 e. The molecule has 2 heterocycles. The number of H-pyrrole nitrogens is 1. The first-order chi connectivity index (χ1) is 13.1. The molecule has 1 aromatic heterocycles. The molecule has 1 N–H and O–H groups in total. The zero-order valence-electron chi connectivity index (χ0n) is 16.7. The smallest absolute Gasteiger partial charge is 0.326 e. The van der Waals surface area contributed by atoms with E-state index in [1.54, 1.807) is 13.0 Å². The summed E-state index contributed by atoms with van der Waals surface area (Å²) in [6.45, 7) is 6.67. The van der Waals surface area contributed by atoms with Crippen LogP contribution in [0.1, 0.15) is 57.1 Å². The van der Waals surface area contributed by atoms with Crippen LogP contribution in [0.3, 0.4) is 0 Å². The van der Waals surface area contributed by atoms with Crippen molar-refractivity contribution in [1.29, 1.82) is 0 Å². The molecule has 28 heavy (non-hydrogen) atoms. The van der Waals surface area contributed by atoms with Crippen molar-refractivity contribution < 1.29 is 9.13 Å². The zero-order chi connectivity index (χ0) is 19.0. The Labute approximate surface area is 171 Å². The minimum absolute atomic E-state index is 0. The van der Waals surface area contributed by atoms with Gasteiger partial charge in [-0.3, -0.25) is 4.57 Å². The second-order valence-corrected chi connectivity index (χ2v) is 8.07. The molecule has 0 radical (unpaired) electrons. The third-order valence-electron chi connectivity index (χ3n) is 6.42. The van der Waals surface area contributed by atoms with Crippen molar-refractivity contribution in [3.8, 4) is 0 Å². The summed E-state index contributed by atoms with van der Waals surface area (Å²) in [5, 5.41) is 0. The van der Waals surface area contributed by atoms with Gasteiger partial charge in [0.25, 0.3) is 0 Å². The molecule has 2 aliphatic rings. The molecule has 1 saturated carbocycles. The molecule has 0 bridgehead atoms. The van der Waals surface area contributed by atoms with Gasteiger partial charge in [-0.2, -0.15) is 0 Å². The van der Waals surface area contributed by atoms with E-state index in [1.165, 1.54) is 18.9 Å². The monoisotopic (exact) mass is 411 g/mol. The lowest BCUT2D eigenvalue weighted by Gasteiger charge is -2.41. The molecule has 1 aliphatic heterocycles. The Morgan fingerprint density at radius 3 is 2.43 bits per heavy atom. The minimum atomic E-state index is -0.270. The van der Waals surface area contributed by atoms with Crippen LogP contribution in [0.2, 0.25) is 0 Å². The van der Waals surface area contributed by atoms with E-state index in [0.29, 0.717) is 23.2 Å². The number of rotatable bonds is 4. The number of hydrogen-bond acceptors (Lipinski definition) is 3. The predicted molar refractivity (Wildman–Crippen MR) is 112 cm³/mol. The third-order valence-corrected chi connectivity index (χ3v) is 6.42. The Bertz CT molecular complexity index is 849. The first-order valence-electron chi connectivity index (χ1n) is 10.3. The number of aromatic nitrogens is 2. The number of hydrogen-bond donors (Lipinski definition) is 1. The fourth-order valence-corrected chi connectivity index (χ4v) is 4.93. The highest BCUT2D eigenvalue weighted by molar-refractivity contribution is 5.85. The number of fused-ring (bicyclic) bond motifs is 1. The molecule has 1 aliphatic carbocycles. The highest BCUT2D eigenvalue weighted by Crippen LogP contribution is 2.31. The summed E-state index contributed by atoms with van der Waals surface area (Å²) in [4.78, 5) is 17.9. The van der Waals surface area contributed by atoms with E-state index in [1.807, 2.05) is 4.57 Å². The molecule has 156 valence electrons. The number of ether oxygens (including phenoxy) is 1. The maximum atomic E-state index is 13.8. The van der Waals surface area contributed by atoms with Crippen LogP contribution in [0.25, 0.3) is 11.0 Å². The van der Waals surface area contributed by atoms with Gasteiger partial charge < -0.3 is 14.6 Å². The van der Waals surface area contributed by atoms with Gasteiger partial charge in [-0.1, -0.05) is 0 Å². The van der Waals surface area contributed by atoms with Crippen LogP contribution in [0.5, 0.6) is 0 Å². The maximum Gasteiger partial charge on any atom is 0.326 e. The average Bonchev–Trinajstić information content (AvgIpc) is 2.98. The Morgan fingerprint density at radius 1 is 1.11 bits per heavy atom. The standard InChI is InChI=1S/C21H30FN3O2.ClH/c1-3-27-17-6-4-15(5-7-17)24-10-8-16(9-11-24)25-20-12-14(2)18(22)13-19(20)23-21(25)26;/h12-13,15-17H,3-11H2,1-2H3,(H,23,26);1H/t15-,17-;. The SMILES string of the molecule is CCO[C@H]1CC[C@H](N2CCC(n3c(=O)[nH]c4cc(F)c(C)cc43)CC2)CC1.Cl. The summed E-state index contributed by atoms with van der Waals surface area (Å²) in [7, 11) is 0. The van der Waals surface area contributed by atoms with Crippen LogP contribution >= 0.6 is 12.4 Å². The molecule has 0 unspecified atom stereocenters. The Balaban J connectivity index is 0.00000225. The van der Waals surface area contributed by atoms with Crippen molar-refractivity contribution in [3.63, 3.8) is 0 Å². The molecule has 1 aromatic carbocycles. The van der Waals surface area contributed by atoms with E-state index in [9.17, 15) is 9.18 Å². The molecule has 2 fully saturated rings. The summed E-state index contributed by atoms with van der Waals surface area (Å²) in [6.07, 6.45) is 7.11. The van der Waals surface area contributed by atoms with Crippen molar-refractivity contribution in [1.82, 2.24) is 14.5 Å². The van der Waals surface area contributed by atoms with Gasteiger partial charge in [0.15, 0.2) is 0 Å². The quantitative estimate of drug-likeness (QED) is 0.820. The van der Waals surface area contributed by atoms with E-state index in [2.05, 4.69) is 16.8 Å². The number of nitrogens with one attached hydrogen (secondary N) is 1. The fraction of sp³-hybridized carbons (Fsp3) is 0.667. The largest absolute Gasteiger partial charge is 0.379 e. The van der Waals surface area contributed by atoms with Crippen LogP contribution < -0.4 is 5.69 Å². The van der Waals surface area contributed by atoms with Crippen molar-refractivity contribution in [2.45, 2.75) is 70.6 Å². The number of aromatic amines is 1. The molecule has 7 heteroatoms. The van der Waals surface area contributed by atoms with Gasteiger partial charge in [0.2, 0.25) is 0 Å². The number of aryl methyl sites for hydroxylation is 1. The van der Waals surface area contributed by atoms with Crippen molar-refractivity contribution in [2.75, 3.05) is 19.7 Å². The van der Waals surface area contributed by atoms with E-state index in [-0.39, 0.29) is 30.0 Å². The summed E-state index contributed by atoms with van der Waals surface area (Å²) in [6, 6.07) is 4.07. The molecule has 0 amide bonds. The molecule has 0 spiro atoms. The third kappa shape index (κ3) is 4.14. The lowest BCUT2D eigenvalue weighted by Crippen LogP contribution is -2.45.